The second-order valence-electron chi connectivity index (χ2n) is 4.06. The standard InChI is InChI=1S/C12H19NO3/c1-4-5-9(2)11(14)13-7-6-10(8-13)12(15)16-3/h5,10H,4,6-8H2,1-3H3. The normalized spacial score (nSPS) is 21.1. The summed E-state index contributed by atoms with van der Waals surface area (Å²) in [6.45, 7) is 4.95. The molecule has 16 heavy (non-hydrogen) atoms. The maximum absolute atomic E-state index is 11.9. The number of rotatable bonds is 3. The van der Waals surface area contributed by atoms with Crippen molar-refractivity contribution in [2.45, 2.75) is 26.7 Å². The number of hydrogen-bond acceptors (Lipinski definition) is 3. The van der Waals surface area contributed by atoms with Crippen molar-refractivity contribution >= 4 is 11.9 Å². The van der Waals surface area contributed by atoms with Crippen molar-refractivity contribution in [1.82, 2.24) is 4.90 Å². The summed E-state index contributed by atoms with van der Waals surface area (Å²) in [5, 5.41) is 0. The number of likely N-dealkylation sites (tertiary alicyclic amines) is 1. The molecule has 0 aromatic carbocycles. The van der Waals surface area contributed by atoms with Gasteiger partial charge in [0, 0.05) is 18.7 Å². The van der Waals surface area contributed by atoms with Crippen LogP contribution in [0.4, 0.5) is 0 Å². The van der Waals surface area contributed by atoms with Gasteiger partial charge in [-0.15, -0.1) is 0 Å². The van der Waals surface area contributed by atoms with Gasteiger partial charge in [-0.25, -0.2) is 0 Å². The molecular weight excluding hydrogens is 206 g/mol. The highest BCUT2D eigenvalue weighted by atomic mass is 16.5. The molecule has 0 bridgehead atoms. The largest absolute Gasteiger partial charge is 0.469 e. The van der Waals surface area contributed by atoms with Gasteiger partial charge in [0.2, 0.25) is 5.91 Å². The number of carbonyl (C=O) groups is 2. The zero-order valence-electron chi connectivity index (χ0n) is 10.2. The number of hydrogen-bond donors (Lipinski definition) is 0. The number of allylic oxidation sites excluding steroid dienone is 1. The molecule has 1 heterocycles. The Hall–Kier alpha value is -1.32. The van der Waals surface area contributed by atoms with E-state index in [1.165, 1.54) is 7.11 Å². The number of esters is 1. The van der Waals surface area contributed by atoms with Crippen molar-refractivity contribution in [3.05, 3.63) is 11.6 Å². The van der Waals surface area contributed by atoms with E-state index in [1.807, 2.05) is 19.9 Å². The molecule has 4 heteroatoms. The zero-order chi connectivity index (χ0) is 12.1. The van der Waals surface area contributed by atoms with Crippen molar-refractivity contribution in [2.24, 2.45) is 5.92 Å². The van der Waals surface area contributed by atoms with E-state index in [2.05, 4.69) is 4.74 Å². The van der Waals surface area contributed by atoms with Crippen LogP contribution in [0, 0.1) is 5.92 Å². The Bertz CT molecular complexity index is 309. The molecule has 4 nitrogen and oxygen atoms in total. The molecule has 1 unspecified atom stereocenters. The van der Waals surface area contributed by atoms with Gasteiger partial charge in [-0.2, -0.15) is 0 Å². The molecule has 1 aliphatic heterocycles. The van der Waals surface area contributed by atoms with Gasteiger partial charge in [-0.05, 0) is 19.8 Å². The van der Waals surface area contributed by atoms with E-state index in [0.29, 0.717) is 19.5 Å². The summed E-state index contributed by atoms with van der Waals surface area (Å²) in [4.78, 5) is 24.9. The molecule has 0 radical (unpaired) electrons. The van der Waals surface area contributed by atoms with Gasteiger partial charge in [0.1, 0.15) is 0 Å². The fourth-order valence-electron chi connectivity index (χ4n) is 1.95. The molecule has 1 saturated heterocycles. The molecule has 0 aliphatic carbocycles. The Morgan fingerprint density at radius 1 is 1.50 bits per heavy atom. The van der Waals surface area contributed by atoms with Crippen LogP contribution in [0.1, 0.15) is 26.7 Å². The molecule has 1 atom stereocenters. The molecule has 0 N–H and O–H groups in total. The van der Waals surface area contributed by atoms with Gasteiger partial charge >= 0.3 is 5.97 Å². The third kappa shape index (κ3) is 2.84. The van der Waals surface area contributed by atoms with E-state index >= 15 is 0 Å². The Kier molecular flexibility index (Phi) is 4.52. The molecule has 1 amide bonds. The lowest BCUT2D eigenvalue weighted by atomic mass is 10.1. The highest BCUT2D eigenvalue weighted by Gasteiger charge is 2.31. The van der Waals surface area contributed by atoms with E-state index in [9.17, 15) is 9.59 Å². The van der Waals surface area contributed by atoms with Crippen LogP contribution < -0.4 is 0 Å². The van der Waals surface area contributed by atoms with Crippen LogP contribution in [0.25, 0.3) is 0 Å². The minimum absolute atomic E-state index is 0.0354. The van der Waals surface area contributed by atoms with Crippen LogP contribution in [0.3, 0.4) is 0 Å². The molecule has 0 saturated carbocycles. The molecule has 0 aromatic heterocycles. The minimum Gasteiger partial charge on any atom is -0.469 e. The number of methoxy groups -OCH3 is 1. The van der Waals surface area contributed by atoms with Crippen LogP contribution in [-0.2, 0) is 14.3 Å². The number of amides is 1. The summed E-state index contributed by atoms with van der Waals surface area (Å²) in [5.74, 6) is -0.330. The van der Waals surface area contributed by atoms with Crippen LogP contribution in [0.2, 0.25) is 0 Å². The predicted molar refractivity (Wildman–Crippen MR) is 60.8 cm³/mol. The lowest BCUT2D eigenvalue weighted by molar-refractivity contribution is -0.145. The van der Waals surface area contributed by atoms with E-state index in [-0.39, 0.29) is 17.8 Å². The van der Waals surface area contributed by atoms with Crippen LogP contribution in [0.5, 0.6) is 0 Å². The van der Waals surface area contributed by atoms with E-state index in [0.717, 1.165) is 12.0 Å². The molecule has 1 rings (SSSR count). The lowest BCUT2D eigenvalue weighted by Gasteiger charge is -2.16. The highest BCUT2D eigenvalue weighted by Crippen LogP contribution is 2.19. The van der Waals surface area contributed by atoms with E-state index in [4.69, 9.17) is 0 Å². The smallest absolute Gasteiger partial charge is 0.310 e. The quantitative estimate of drug-likeness (QED) is 0.538. The predicted octanol–water partition coefficient (Wildman–Crippen LogP) is 1.36. The SMILES string of the molecule is CCC=C(C)C(=O)N1CCC(C(=O)OC)C1. The third-order valence-electron chi connectivity index (χ3n) is 2.86. The number of carbonyl (C=O) groups excluding carboxylic acids is 2. The first-order valence-electron chi connectivity index (χ1n) is 5.64. The van der Waals surface area contributed by atoms with Crippen molar-refractivity contribution in [2.75, 3.05) is 20.2 Å². The molecule has 1 fully saturated rings. The second-order valence-corrected chi connectivity index (χ2v) is 4.06. The van der Waals surface area contributed by atoms with Crippen LogP contribution in [0.15, 0.2) is 11.6 Å². The maximum Gasteiger partial charge on any atom is 0.310 e. The summed E-state index contributed by atoms with van der Waals surface area (Å²) in [7, 11) is 1.38. The summed E-state index contributed by atoms with van der Waals surface area (Å²) in [6, 6.07) is 0. The van der Waals surface area contributed by atoms with E-state index < -0.39 is 0 Å². The number of nitrogens with zero attached hydrogens (tertiary/aromatic N) is 1. The lowest BCUT2D eigenvalue weighted by Crippen LogP contribution is -2.30. The summed E-state index contributed by atoms with van der Waals surface area (Å²) < 4.78 is 4.68. The Balaban J connectivity index is 2.56. The molecule has 0 spiro atoms. The van der Waals surface area contributed by atoms with E-state index in [1.54, 1.807) is 4.90 Å². The summed E-state index contributed by atoms with van der Waals surface area (Å²) in [5.41, 5.74) is 0.757. The van der Waals surface area contributed by atoms with Gasteiger partial charge < -0.3 is 9.64 Å². The topological polar surface area (TPSA) is 46.6 Å². The maximum atomic E-state index is 11.9. The number of ether oxygens (including phenoxy) is 1. The third-order valence-corrected chi connectivity index (χ3v) is 2.86. The Labute approximate surface area is 96.3 Å². The summed E-state index contributed by atoms with van der Waals surface area (Å²) >= 11 is 0. The second kappa shape index (κ2) is 5.68. The van der Waals surface area contributed by atoms with Crippen molar-refractivity contribution in [3.63, 3.8) is 0 Å². The van der Waals surface area contributed by atoms with Gasteiger partial charge in [-0.3, -0.25) is 9.59 Å². The van der Waals surface area contributed by atoms with Crippen molar-refractivity contribution in [1.29, 1.82) is 0 Å². The Morgan fingerprint density at radius 3 is 2.75 bits per heavy atom. The Morgan fingerprint density at radius 2 is 2.19 bits per heavy atom. The monoisotopic (exact) mass is 225 g/mol. The van der Waals surface area contributed by atoms with Gasteiger partial charge in [-0.1, -0.05) is 13.0 Å². The first-order chi connectivity index (χ1) is 7.60. The molecular formula is C12H19NO3. The van der Waals surface area contributed by atoms with Gasteiger partial charge in [0.25, 0.3) is 0 Å². The van der Waals surface area contributed by atoms with Crippen LogP contribution in [-0.4, -0.2) is 37.0 Å². The highest BCUT2D eigenvalue weighted by molar-refractivity contribution is 5.93. The minimum atomic E-state index is -0.215. The first-order valence-corrected chi connectivity index (χ1v) is 5.64. The zero-order valence-corrected chi connectivity index (χ0v) is 10.2. The van der Waals surface area contributed by atoms with Crippen LogP contribution >= 0.6 is 0 Å². The average molecular weight is 225 g/mol. The van der Waals surface area contributed by atoms with Gasteiger partial charge in [0.15, 0.2) is 0 Å². The fraction of sp³-hybridized carbons (Fsp3) is 0.667. The molecule has 1 aliphatic rings. The van der Waals surface area contributed by atoms with Crippen molar-refractivity contribution < 1.29 is 14.3 Å². The summed E-state index contributed by atoms with van der Waals surface area (Å²) in [6.07, 6.45) is 3.47. The fourth-order valence-corrected chi connectivity index (χ4v) is 1.95. The molecule has 90 valence electrons. The first kappa shape index (κ1) is 12.7. The van der Waals surface area contributed by atoms with Crippen molar-refractivity contribution in [3.8, 4) is 0 Å². The average Bonchev–Trinajstić information content (AvgIpc) is 2.76. The molecule has 0 aromatic rings. The van der Waals surface area contributed by atoms with Gasteiger partial charge in [0.05, 0.1) is 13.0 Å².